The lowest BCUT2D eigenvalue weighted by Crippen LogP contribution is -2.00. The van der Waals surface area contributed by atoms with Crippen LogP contribution in [0.4, 0.5) is 11.4 Å². The maximum atomic E-state index is 9.34. The van der Waals surface area contributed by atoms with Gasteiger partial charge < -0.3 is 10.4 Å². The van der Waals surface area contributed by atoms with E-state index in [2.05, 4.69) is 38.2 Å². The average Bonchev–Trinajstić information content (AvgIpc) is 2.34. The Morgan fingerprint density at radius 3 is 2.22 bits per heavy atom. The highest BCUT2D eigenvalue weighted by molar-refractivity contribution is 5.69. The summed E-state index contributed by atoms with van der Waals surface area (Å²) >= 11 is 0. The molecule has 18 heavy (non-hydrogen) atoms. The second kappa shape index (κ2) is 5.23. The van der Waals surface area contributed by atoms with Crippen LogP contribution >= 0.6 is 0 Å². The van der Waals surface area contributed by atoms with Crippen molar-refractivity contribution in [1.82, 2.24) is 0 Å². The lowest BCUT2D eigenvalue weighted by molar-refractivity contribution is 0.282. The molecule has 0 aliphatic carbocycles. The van der Waals surface area contributed by atoms with Crippen molar-refractivity contribution in [2.75, 3.05) is 5.32 Å². The fourth-order valence-electron chi connectivity index (χ4n) is 2.29. The minimum atomic E-state index is 0.0487. The molecule has 0 spiro atoms. The van der Waals surface area contributed by atoms with Crippen molar-refractivity contribution in [3.63, 3.8) is 0 Å². The van der Waals surface area contributed by atoms with E-state index < -0.39 is 0 Å². The first-order valence-electron chi connectivity index (χ1n) is 6.15. The Hall–Kier alpha value is -1.80. The summed E-state index contributed by atoms with van der Waals surface area (Å²) < 4.78 is 0. The normalized spacial score (nSPS) is 10.4. The van der Waals surface area contributed by atoms with Gasteiger partial charge in [0.25, 0.3) is 0 Å². The smallest absolute Gasteiger partial charge is 0.0702 e. The van der Waals surface area contributed by atoms with Crippen LogP contribution in [0.15, 0.2) is 36.4 Å². The Kier molecular flexibility index (Phi) is 3.68. The number of aryl methyl sites for hydroxylation is 3. The predicted molar refractivity (Wildman–Crippen MR) is 76.3 cm³/mol. The molecular weight excluding hydrogens is 222 g/mol. The van der Waals surface area contributed by atoms with Crippen molar-refractivity contribution in [2.24, 2.45) is 0 Å². The zero-order valence-corrected chi connectivity index (χ0v) is 11.1. The van der Waals surface area contributed by atoms with Gasteiger partial charge in [0.15, 0.2) is 0 Å². The lowest BCUT2D eigenvalue weighted by Gasteiger charge is -2.16. The summed E-state index contributed by atoms with van der Waals surface area (Å²) in [5, 5.41) is 12.8. The maximum absolute atomic E-state index is 9.34. The topological polar surface area (TPSA) is 32.3 Å². The molecule has 0 aliphatic heterocycles. The third-order valence-corrected chi connectivity index (χ3v) is 3.12. The van der Waals surface area contributed by atoms with Crippen LogP contribution in [0.25, 0.3) is 0 Å². The molecule has 0 unspecified atom stereocenters. The molecule has 0 radical (unpaired) electrons. The van der Waals surface area contributed by atoms with Crippen molar-refractivity contribution in [2.45, 2.75) is 27.4 Å². The molecule has 2 aromatic carbocycles. The highest BCUT2D eigenvalue weighted by Gasteiger charge is 2.06. The van der Waals surface area contributed by atoms with Crippen molar-refractivity contribution in [3.05, 3.63) is 58.7 Å². The fraction of sp³-hybridized carbons (Fsp3) is 0.250. The zero-order chi connectivity index (χ0) is 13.1. The van der Waals surface area contributed by atoms with Crippen LogP contribution in [-0.2, 0) is 6.61 Å². The molecule has 0 saturated heterocycles. The van der Waals surface area contributed by atoms with Gasteiger partial charge in [0.05, 0.1) is 6.61 Å². The Balaban J connectivity index is 2.40. The van der Waals surface area contributed by atoms with Crippen LogP contribution in [0.5, 0.6) is 0 Å². The van der Waals surface area contributed by atoms with Crippen LogP contribution in [0.1, 0.15) is 22.3 Å². The van der Waals surface area contributed by atoms with E-state index in [0.29, 0.717) is 0 Å². The van der Waals surface area contributed by atoms with E-state index in [-0.39, 0.29) is 6.61 Å². The van der Waals surface area contributed by atoms with Crippen molar-refractivity contribution in [1.29, 1.82) is 0 Å². The summed E-state index contributed by atoms with van der Waals surface area (Å²) in [6.45, 7) is 6.35. The first-order valence-corrected chi connectivity index (χ1v) is 6.15. The number of para-hydroxylation sites is 1. The molecule has 2 N–H and O–H groups in total. The first kappa shape index (κ1) is 12.7. The molecule has 0 aromatic heterocycles. The van der Waals surface area contributed by atoms with Crippen LogP contribution in [-0.4, -0.2) is 5.11 Å². The molecule has 0 bridgehead atoms. The van der Waals surface area contributed by atoms with Gasteiger partial charge in [-0.05, 0) is 38.0 Å². The van der Waals surface area contributed by atoms with Crippen molar-refractivity contribution < 1.29 is 5.11 Å². The fourth-order valence-corrected chi connectivity index (χ4v) is 2.29. The minimum absolute atomic E-state index is 0.0487. The molecule has 94 valence electrons. The van der Waals surface area contributed by atoms with E-state index in [9.17, 15) is 5.11 Å². The number of rotatable bonds is 3. The molecule has 2 aromatic rings. The van der Waals surface area contributed by atoms with E-state index in [1.807, 2.05) is 24.3 Å². The number of anilines is 2. The number of aliphatic hydroxyl groups is 1. The number of nitrogens with one attached hydrogen (secondary N) is 1. The molecule has 0 amide bonds. The Morgan fingerprint density at radius 1 is 1.00 bits per heavy atom. The SMILES string of the molecule is Cc1cc(C)c(Nc2ccccc2CO)c(C)c1. The zero-order valence-electron chi connectivity index (χ0n) is 11.1. The van der Waals surface area contributed by atoms with Crippen LogP contribution in [0.3, 0.4) is 0 Å². The average molecular weight is 241 g/mol. The summed E-state index contributed by atoms with van der Waals surface area (Å²) in [5.41, 5.74) is 6.72. The standard InChI is InChI=1S/C16H19NO/c1-11-8-12(2)16(13(3)9-11)17-15-7-5-4-6-14(15)10-18/h4-9,17-18H,10H2,1-3H3. The van der Waals surface area contributed by atoms with E-state index in [1.54, 1.807) is 0 Å². The second-order valence-electron chi connectivity index (χ2n) is 4.71. The van der Waals surface area contributed by atoms with Crippen LogP contribution in [0, 0.1) is 20.8 Å². The van der Waals surface area contributed by atoms with E-state index in [0.717, 1.165) is 16.9 Å². The molecule has 0 heterocycles. The minimum Gasteiger partial charge on any atom is -0.392 e. The third kappa shape index (κ3) is 2.54. The van der Waals surface area contributed by atoms with E-state index in [4.69, 9.17) is 0 Å². The second-order valence-corrected chi connectivity index (χ2v) is 4.71. The van der Waals surface area contributed by atoms with Gasteiger partial charge in [0, 0.05) is 16.9 Å². The van der Waals surface area contributed by atoms with Crippen LogP contribution < -0.4 is 5.32 Å². The number of aliphatic hydroxyl groups excluding tert-OH is 1. The quantitative estimate of drug-likeness (QED) is 0.855. The largest absolute Gasteiger partial charge is 0.392 e. The molecule has 0 saturated carbocycles. The van der Waals surface area contributed by atoms with Crippen LogP contribution in [0.2, 0.25) is 0 Å². The number of hydrogen-bond acceptors (Lipinski definition) is 2. The molecule has 2 nitrogen and oxygen atoms in total. The van der Waals surface area contributed by atoms with E-state index >= 15 is 0 Å². The van der Waals surface area contributed by atoms with Gasteiger partial charge in [-0.15, -0.1) is 0 Å². The highest BCUT2D eigenvalue weighted by atomic mass is 16.3. The Morgan fingerprint density at radius 2 is 1.61 bits per heavy atom. The molecular formula is C16H19NO. The van der Waals surface area contributed by atoms with Gasteiger partial charge in [0.2, 0.25) is 0 Å². The van der Waals surface area contributed by atoms with E-state index in [1.165, 1.54) is 16.7 Å². The summed E-state index contributed by atoms with van der Waals surface area (Å²) in [6.07, 6.45) is 0. The molecule has 2 heteroatoms. The molecule has 2 rings (SSSR count). The summed E-state index contributed by atoms with van der Waals surface area (Å²) in [4.78, 5) is 0. The third-order valence-electron chi connectivity index (χ3n) is 3.12. The Labute approximate surface area is 108 Å². The maximum Gasteiger partial charge on any atom is 0.0702 e. The molecule has 0 aliphatic rings. The number of hydrogen-bond donors (Lipinski definition) is 2. The predicted octanol–water partition coefficient (Wildman–Crippen LogP) is 3.85. The van der Waals surface area contributed by atoms with Gasteiger partial charge in [-0.2, -0.15) is 0 Å². The van der Waals surface area contributed by atoms with Crippen molar-refractivity contribution in [3.8, 4) is 0 Å². The highest BCUT2D eigenvalue weighted by Crippen LogP contribution is 2.27. The van der Waals surface area contributed by atoms with Gasteiger partial charge in [-0.1, -0.05) is 35.9 Å². The summed E-state index contributed by atoms with van der Waals surface area (Å²) in [6, 6.07) is 12.2. The monoisotopic (exact) mass is 241 g/mol. The Bertz CT molecular complexity index is 538. The van der Waals surface area contributed by atoms with Crippen molar-refractivity contribution >= 4 is 11.4 Å². The van der Waals surface area contributed by atoms with Gasteiger partial charge in [0.1, 0.15) is 0 Å². The van der Waals surface area contributed by atoms with Gasteiger partial charge in [-0.25, -0.2) is 0 Å². The molecule has 0 fully saturated rings. The number of benzene rings is 2. The first-order chi connectivity index (χ1) is 8.61. The summed E-state index contributed by atoms with van der Waals surface area (Å²) in [5.74, 6) is 0. The van der Waals surface area contributed by atoms with Gasteiger partial charge in [-0.3, -0.25) is 0 Å². The lowest BCUT2D eigenvalue weighted by atomic mass is 10.0. The summed E-state index contributed by atoms with van der Waals surface area (Å²) in [7, 11) is 0. The van der Waals surface area contributed by atoms with Gasteiger partial charge >= 0.3 is 0 Å². The molecule has 0 atom stereocenters.